The molecule has 13 heteroatoms. The van der Waals surface area contributed by atoms with Crippen LogP contribution in [-0.2, 0) is 19.0 Å². The Labute approximate surface area is 237 Å². The predicted molar refractivity (Wildman–Crippen MR) is 144 cm³/mol. The van der Waals surface area contributed by atoms with Gasteiger partial charge >= 0.3 is 6.18 Å². The topological polar surface area (TPSA) is 102 Å². The summed E-state index contributed by atoms with van der Waals surface area (Å²) in [7, 11) is 1.45. The van der Waals surface area contributed by atoms with E-state index in [4.69, 9.17) is 23.2 Å². The van der Waals surface area contributed by atoms with Crippen LogP contribution in [0.25, 0.3) is 5.82 Å². The van der Waals surface area contributed by atoms with Crippen molar-refractivity contribution in [2.75, 3.05) is 12.4 Å². The molecule has 2 N–H and O–H groups in total. The Hall–Kier alpha value is -3.70. The largest absolute Gasteiger partial charge is 0.435 e. The number of aromatic nitrogens is 4. The molecule has 0 fully saturated rings. The molecule has 1 atom stereocenters. The van der Waals surface area contributed by atoms with Crippen molar-refractivity contribution in [3.63, 3.8) is 0 Å². The van der Waals surface area contributed by atoms with Crippen molar-refractivity contribution in [1.82, 2.24) is 25.1 Å². The predicted octanol–water partition coefficient (Wildman–Crippen LogP) is 5.99. The number of nitrogens with zero attached hydrogens (tertiary/aromatic N) is 4. The maximum Gasteiger partial charge on any atom is 0.435 e. The first-order valence-corrected chi connectivity index (χ1v) is 13.2. The first-order valence-electron chi connectivity index (χ1n) is 12.5. The number of allylic oxidation sites excluding steroid dienone is 4. The lowest BCUT2D eigenvalue weighted by molar-refractivity contribution is -0.141. The molecule has 40 heavy (non-hydrogen) atoms. The van der Waals surface area contributed by atoms with Crippen molar-refractivity contribution in [1.29, 1.82) is 0 Å². The fourth-order valence-corrected chi connectivity index (χ4v) is 5.46. The minimum atomic E-state index is -4.84. The molecule has 2 aliphatic rings. The van der Waals surface area contributed by atoms with Crippen molar-refractivity contribution in [3.8, 4) is 5.82 Å². The van der Waals surface area contributed by atoms with E-state index in [1.165, 1.54) is 25.4 Å². The van der Waals surface area contributed by atoms with Crippen LogP contribution in [0.1, 0.15) is 68.5 Å². The van der Waals surface area contributed by atoms with Crippen molar-refractivity contribution in [2.45, 2.75) is 44.2 Å². The second kappa shape index (κ2) is 11.1. The van der Waals surface area contributed by atoms with Crippen LogP contribution in [0.5, 0.6) is 0 Å². The first-order chi connectivity index (χ1) is 19.1. The molecule has 3 aromatic rings. The molecular formula is C27H23Cl2F3N6O2. The quantitative estimate of drug-likeness (QED) is 0.380. The molecule has 2 aliphatic carbocycles. The Morgan fingerprint density at radius 3 is 2.62 bits per heavy atom. The monoisotopic (exact) mass is 590 g/mol. The number of aryl methyl sites for hydroxylation is 1. The minimum Gasteiger partial charge on any atom is -0.355 e. The number of fused-ring (bicyclic) bond motifs is 1. The number of pyridine rings is 2. The summed E-state index contributed by atoms with van der Waals surface area (Å²) in [6, 6.07) is 3.52. The summed E-state index contributed by atoms with van der Waals surface area (Å²) in [5.74, 6) is -1.95. The molecule has 3 heterocycles. The standard InChI is InChI=1S/C27H23Cl2F3N6O2/c1-33-26(40)22-21(14-6-4-7-15(28)12-14)16-8-2-3-10-18(16)35-23(22)36-25(39)19-13-20(27(30,31)32)37-38(19)24-17(29)9-5-11-34-24/h4-5,7,9,11-14H,2-3,6,8,10H2,1H3,(H,33,40)(H,35,36,39). The molecule has 0 bridgehead atoms. The summed E-state index contributed by atoms with van der Waals surface area (Å²) in [6.07, 6.45) is 5.67. The second-order valence-electron chi connectivity index (χ2n) is 9.34. The maximum absolute atomic E-state index is 13.6. The summed E-state index contributed by atoms with van der Waals surface area (Å²) >= 11 is 12.5. The number of nitrogens with one attached hydrogen (secondary N) is 2. The molecule has 0 saturated heterocycles. The van der Waals surface area contributed by atoms with Crippen LogP contribution in [0.2, 0.25) is 5.02 Å². The van der Waals surface area contributed by atoms with E-state index in [1.807, 2.05) is 12.2 Å². The molecule has 0 aromatic carbocycles. The van der Waals surface area contributed by atoms with E-state index in [0.717, 1.165) is 28.8 Å². The third kappa shape index (κ3) is 5.35. The number of anilines is 1. The highest BCUT2D eigenvalue weighted by molar-refractivity contribution is 6.32. The summed E-state index contributed by atoms with van der Waals surface area (Å²) in [4.78, 5) is 35.5. The lowest BCUT2D eigenvalue weighted by Crippen LogP contribution is -2.28. The van der Waals surface area contributed by atoms with Gasteiger partial charge in [0.1, 0.15) is 11.5 Å². The number of amides is 2. The number of carbonyl (C=O) groups excluding carboxylic acids is 2. The molecule has 0 saturated carbocycles. The number of hydrogen-bond acceptors (Lipinski definition) is 5. The second-order valence-corrected chi connectivity index (χ2v) is 10.2. The third-order valence-corrected chi connectivity index (χ3v) is 7.32. The van der Waals surface area contributed by atoms with Crippen LogP contribution in [0.15, 0.2) is 47.7 Å². The van der Waals surface area contributed by atoms with Gasteiger partial charge in [-0.25, -0.2) is 14.6 Å². The van der Waals surface area contributed by atoms with Gasteiger partial charge in [0, 0.05) is 36.0 Å². The first kappa shape index (κ1) is 27.9. The summed E-state index contributed by atoms with van der Waals surface area (Å²) in [5, 5.41) is 9.28. The van der Waals surface area contributed by atoms with E-state index in [-0.39, 0.29) is 28.1 Å². The van der Waals surface area contributed by atoms with Gasteiger partial charge in [0.15, 0.2) is 11.5 Å². The fourth-order valence-electron chi connectivity index (χ4n) is 5.02. The van der Waals surface area contributed by atoms with Crippen molar-refractivity contribution >= 4 is 40.8 Å². The molecule has 0 spiro atoms. The highest BCUT2D eigenvalue weighted by Crippen LogP contribution is 2.39. The van der Waals surface area contributed by atoms with Gasteiger partial charge in [-0.2, -0.15) is 18.3 Å². The highest BCUT2D eigenvalue weighted by Gasteiger charge is 2.37. The zero-order chi connectivity index (χ0) is 28.6. The number of rotatable bonds is 5. The summed E-state index contributed by atoms with van der Waals surface area (Å²) in [5.41, 5.74) is 0.683. The number of halogens is 5. The Bertz CT molecular complexity index is 1560. The van der Waals surface area contributed by atoms with Crippen LogP contribution < -0.4 is 10.6 Å². The Balaban J connectivity index is 1.66. The van der Waals surface area contributed by atoms with Crippen LogP contribution in [0, 0.1) is 0 Å². The van der Waals surface area contributed by atoms with Gasteiger partial charge in [0.05, 0.1) is 10.6 Å². The lowest BCUT2D eigenvalue weighted by Gasteiger charge is -2.28. The van der Waals surface area contributed by atoms with Gasteiger partial charge in [-0.15, -0.1) is 0 Å². The van der Waals surface area contributed by atoms with E-state index in [9.17, 15) is 22.8 Å². The normalized spacial score (nSPS) is 16.8. The van der Waals surface area contributed by atoms with E-state index >= 15 is 0 Å². The minimum absolute atomic E-state index is 0.0114. The van der Waals surface area contributed by atoms with E-state index in [2.05, 4.69) is 25.7 Å². The van der Waals surface area contributed by atoms with E-state index in [1.54, 1.807) is 6.08 Å². The zero-order valence-electron chi connectivity index (χ0n) is 21.1. The Morgan fingerprint density at radius 2 is 1.93 bits per heavy atom. The molecule has 2 amide bonds. The molecule has 8 nitrogen and oxygen atoms in total. The molecule has 0 radical (unpaired) electrons. The van der Waals surface area contributed by atoms with Crippen LogP contribution in [0.4, 0.5) is 19.0 Å². The van der Waals surface area contributed by atoms with Crippen LogP contribution >= 0.6 is 23.2 Å². The van der Waals surface area contributed by atoms with Gasteiger partial charge in [-0.05, 0) is 61.4 Å². The highest BCUT2D eigenvalue weighted by atomic mass is 35.5. The van der Waals surface area contributed by atoms with Crippen molar-refractivity contribution < 1.29 is 22.8 Å². The molecule has 208 valence electrons. The summed E-state index contributed by atoms with van der Waals surface area (Å²) in [6.45, 7) is 0. The maximum atomic E-state index is 13.6. The Kier molecular flexibility index (Phi) is 7.70. The molecule has 1 unspecified atom stereocenters. The van der Waals surface area contributed by atoms with E-state index in [0.29, 0.717) is 35.9 Å². The van der Waals surface area contributed by atoms with Gasteiger partial charge in [-0.3, -0.25) is 9.59 Å². The average molecular weight is 591 g/mol. The lowest BCUT2D eigenvalue weighted by atomic mass is 9.81. The zero-order valence-corrected chi connectivity index (χ0v) is 22.7. The summed E-state index contributed by atoms with van der Waals surface area (Å²) < 4.78 is 41.6. The Morgan fingerprint density at radius 1 is 1.15 bits per heavy atom. The molecule has 5 rings (SSSR count). The van der Waals surface area contributed by atoms with E-state index < -0.39 is 29.4 Å². The van der Waals surface area contributed by atoms with Gasteiger partial charge < -0.3 is 10.6 Å². The molecule has 0 aliphatic heterocycles. The smallest absolute Gasteiger partial charge is 0.355 e. The van der Waals surface area contributed by atoms with Gasteiger partial charge in [0.25, 0.3) is 11.8 Å². The van der Waals surface area contributed by atoms with Crippen LogP contribution in [0.3, 0.4) is 0 Å². The third-order valence-electron chi connectivity index (χ3n) is 6.77. The molecule has 3 aromatic heterocycles. The fraction of sp³-hybridized carbons (Fsp3) is 0.296. The van der Waals surface area contributed by atoms with Crippen molar-refractivity contribution in [2.24, 2.45) is 0 Å². The average Bonchev–Trinajstić information content (AvgIpc) is 3.38. The van der Waals surface area contributed by atoms with Crippen LogP contribution in [-0.4, -0.2) is 38.6 Å². The van der Waals surface area contributed by atoms with Gasteiger partial charge in [-0.1, -0.05) is 35.4 Å². The van der Waals surface area contributed by atoms with Gasteiger partial charge in [0.2, 0.25) is 0 Å². The van der Waals surface area contributed by atoms with Crippen molar-refractivity contribution in [3.05, 3.63) is 86.5 Å². The number of alkyl halides is 3. The number of hydrogen-bond donors (Lipinski definition) is 2. The SMILES string of the molecule is CNC(=O)c1c(NC(=O)c2cc(C(F)(F)F)nn2-c2ncccc2Cl)nc2c(c1C1C=C(Cl)C=CC1)CCCC2. The number of carbonyl (C=O) groups is 2. The molecular weight excluding hydrogens is 568 g/mol.